The first kappa shape index (κ1) is 29.5. The van der Waals surface area contributed by atoms with E-state index in [1.54, 1.807) is 0 Å². The van der Waals surface area contributed by atoms with Gasteiger partial charge in [0.2, 0.25) is 0 Å². The molecule has 2 N–H and O–H groups in total. The molecule has 0 spiro atoms. The molecule has 2 aliphatic heterocycles. The maximum Gasteiger partial charge on any atom is 0.335 e. The molecule has 0 radical (unpaired) electrons. The third-order valence-corrected chi connectivity index (χ3v) is 18.2. The monoisotopic (exact) mass is 606 g/mol. The molecule has 2 saturated heterocycles. The first-order valence-electron chi connectivity index (χ1n) is 12.6. The summed E-state index contributed by atoms with van der Waals surface area (Å²) in [5.41, 5.74) is -0.853. The molecule has 204 valence electrons. The van der Waals surface area contributed by atoms with Gasteiger partial charge in [0.05, 0.1) is 23.6 Å². The van der Waals surface area contributed by atoms with Gasteiger partial charge in [-0.1, -0.05) is 55.4 Å². The summed E-state index contributed by atoms with van der Waals surface area (Å²) < 4.78 is 28.7. The van der Waals surface area contributed by atoms with Crippen LogP contribution >= 0.6 is 15.9 Å². The minimum atomic E-state index is -3.01. The molecule has 3 heterocycles. The number of aromatic nitrogens is 2. The van der Waals surface area contributed by atoms with Crippen LogP contribution < -0.4 is 11.2 Å². The topological polar surface area (TPSA) is 129 Å². The second-order valence-corrected chi connectivity index (χ2v) is 20.7. The van der Waals surface area contributed by atoms with Crippen molar-refractivity contribution < 1.29 is 27.6 Å². The van der Waals surface area contributed by atoms with Crippen LogP contribution in [0.3, 0.4) is 0 Å². The van der Waals surface area contributed by atoms with E-state index in [1.807, 2.05) is 0 Å². The lowest BCUT2D eigenvalue weighted by Gasteiger charge is -2.51. The summed E-state index contributed by atoms with van der Waals surface area (Å²) in [6.07, 6.45) is -1.17. The predicted molar refractivity (Wildman–Crippen MR) is 142 cm³/mol. The number of carboxylic acid groups (broad SMARTS) is 1. The van der Waals surface area contributed by atoms with Gasteiger partial charge in [-0.15, -0.1) is 0 Å². The normalized spacial score (nSPS) is 27.9. The summed E-state index contributed by atoms with van der Waals surface area (Å²) in [6.45, 7) is 17.0. The molecular weight excluding hydrogens is 568 g/mol. The van der Waals surface area contributed by atoms with Crippen molar-refractivity contribution in [1.82, 2.24) is 9.55 Å². The summed E-state index contributed by atoms with van der Waals surface area (Å²) in [5.74, 6) is -1.74. The number of carboxylic acids is 1. The van der Waals surface area contributed by atoms with Crippen LogP contribution in [0.5, 0.6) is 0 Å². The van der Waals surface area contributed by atoms with E-state index in [-0.39, 0.29) is 39.7 Å². The summed E-state index contributed by atoms with van der Waals surface area (Å²) in [4.78, 5) is 38.9. The van der Waals surface area contributed by atoms with Gasteiger partial charge < -0.3 is 22.8 Å². The number of nitrogens with one attached hydrogen (secondary N) is 1. The van der Waals surface area contributed by atoms with Crippen LogP contribution in [0.4, 0.5) is 0 Å². The Labute approximate surface area is 222 Å². The Bertz CT molecular complexity index is 1060. The van der Waals surface area contributed by atoms with Gasteiger partial charge in [0.15, 0.2) is 0 Å². The van der Waals surface area contributed by atoms with E-state index in [9.17, 15) is 19.5 Å². The van der Waals surface area contributed by atoms with Crippen molar-refractivity contribution in [3.63, 3.8) is 0 Å². The highest BCUT2D eigenvalue weighted by Gasteiger charge is 2.62. The van der Waals surface area contributed by atoms with Gasteiger partial charge in [-0.25, -0.2) is 4.79 Å². The van der Waals surface area contributed by atoms with E-state index in [1.165, 1.54) is 10.8 Å². The molecule has 1 aromatic rings. The van der Waals surface area contributed by atoms with Gasteiger partial charge >= 0.3 is 28.8 Å². The molecule has 10 nitrogen and oxygen atoms in total. The number of rotatable bonds is 7. The van der Waals surface area contributed by atoms with Gasteiger partial charge in [-0.2, -0.15) is 0 Å². The Kier molecular flexibility index (Phi) is 8.96. The smallest absolute Gasteiger partial charge is 0.335 e. The number of aromatic amines is 1. The number of hydrogen-bond acceptors (Lipinski definition) is 7. The van der Waals surface area contributed by atoms with Gasteiger partial charge in [0.25, 0.3) is 5.56 Å². The lowest BCUT2D eigenvalue weighted by molar-refractivity contribution is -0.139. The number of nitrogens with zero attached hydrogens (tertiary/aromatic N) is 1. The maximum absolute atomic E-state index is 12.8. The van der Waals surface area contributed by atoms with E-state index in [4.69, 9.17) is 17.7 Å². The fraction of sp³-hybridized carbons (Fsp3) is 0.783. The lowest BCUT2D eigenvalue weighted by atomic mass is 9.96. The predicted octanol–water partition coefficient (Wildman–Crippen LogP) is 4.24. The Morgan fingerprint density at radius 3 is 2.14 bits per heavy atom. The van der Waals surface area contributed by atoms with Crippen LogP contribution in [0.1, 0.15) is 68.0 Å². The first-order chi connectivity index (χ1) is 16.7. The number of H-pyrrole nitrogens is 1. The van der Waals surface area contributed by atoms with Crippen molar-refractivity contribution in [3.05, 3.63) is 31.5 Å². The fourth-order valence-corrected chi connectivity index (χ4v) is 17.1. The molecule has 3 rings (SSSR count). The third kappa shape index (κ3) is 5.25. The average molecular weight is 608 g/mol. The van der Waals surface area contributed by atoms with E-state index in [0.29, 0.717) is 0 Å². The zero-order valence-electron chi connectivity index (χ0n) is 22.2. The average Bonchev–Trinajstić information content (AvgIpc) is 3.05. The van der Waals surface area contributed by atoms with Gasteiger partial charge in [0, 0.05) is 12.1 Å². The quantitative estimate of drug-likeness (QED) is 0.441. The van der Waals surface area contributed by atoms with Crippen LogP contribution in [0.2, 0.25) is 22.2 Å². The zero-order chi connectivity index (χ0) is 27.2. The standard InChI is InChI=1S/C23H39BrN2O8Si2/c1-12(2)35(13(3)4)31-11-18-20(33-36(34-35,14(5)6)15(7)8)16(9-19(27)28)22(32-18)26-10-17(24)21(29)25-23(26)30/h10,12-16,18,20,22H,9,11H2,1-8H3,(H,27,28)(H,25,29,30)/t16-,18-,20+,22-/m1/s1. The third-order valence-electron chi connectivity index (χ3n) is 7.41. The van der Waals surface area contributed by atoms with E-state index in [2.05, 4.69) is 76.3 Å². The maximum atomic E-state index is 12.8. The lowest BCUT2D eigenvalue weighted by Crippen LogP contribution is -2.65. The van der Waals surface area contributed by atoms with Gasteiger partial charge in [0.1, 0.15) is 12.3 Å². The highest BCUT2D eigenvalue weighted by molar-refractivity contribution is 9.10. The molecule has 0 amide bonds. The van der Waals surface area contributed by atoms with Crippen molar-refractivity contribution in [3.8, 4) is 0 Å². The Hall–Kier alpha value is -1.10. The van der Waals surface area contributed by atoms with Crippen LogP contribution in [0, 0.1) is 5.92 Å². The summed E-state index contributed by atoms with van der Waals surface area (Å²) in [6, 6.07) is 0. The molecule has 4 atom stereocenters. The van der Waals surface area contributed by atoms with Gasteiger partial charge in [-0.3, -0.25) is 19.1 Å². The van der Waals surface area contributed by atoms with Crippen molar-refractivity contribution in [2.45, 2.75) is 102 Å². The van der Waals surface area contributed by atoms with E-state index >= 15 is 0 Å². The Balaban J connectivity index is 2.18. The molecular formula is C23H39BrN2O8Si2. The minimum absolute atomic E-state index is 0.0544. The summed E-state index contributed by atoms with van der Waals surface area (Å²) in [7, 11) is -5.82. The molecule has 0 aliphatic carbocycles. The molecule has 0 unspecified atom stereocenters. The van der Waals surface area contributed by atoms with Gasteiger partial charge in [-0.05, 0) is 38.1 Å². The van der Waals surface area contributed by atoms with E-state index < -0.39 is 58.7 Å². The minimum Gasteiger partial charge on any atom is -0.481 e. The molecule has 36 heavy (non-hydrogen) atoms. The largest absolute Gasteiger partial charge is 0.481 e. The van der Waals surface area contributed by atoms with Crippen LogP contribution in [-0.2, 0) is 22.5 Å². The Morgan fingerprint density at radius 2 is 1.64 bits per heavy atom. The number of carbonyl (C=O) groups is 1. The number of ether oxygens (including phenoxy) is 1. The molecule has 13 heteroatoms. The molecule has 0 bridgehead atoms. The molecule has 2 aliphatic rings. The SMILES string of the molecule is CC(C)[Si]1(C(C)C)OC[C@H]2O[C@@H](n3cc(Br)c(=O)[nH]c3=O)[C@H](CC(=O)O)[C@@H]2O[Si](C(C)C)(C(C)C)O1. The Morgan fingerprint density at radius 1 is 1.08 bits per heavy atom. The second-order valence-electron chi connectivity index (χ2n) is 11.0. The van der Waals surface area contributed by atoms with Crippen molar-refractivity contribution in [1.29, 1.82) is 0 Å². The van der Waals surface area contributed by atoms with Crippen LogP contribution in [0.25, 0.3) is 0 Å². The second kappa shape index (κ2) is 10.9. The van der Waals surface area contributed by atoms with Crippen molar-refractivity contribution >= 4 is 39.0 Å². The highest BCUT2D eigenvalue weighted by Crippen LogP contribution is 2.50. The summed E-state index contributed by atoms with van der Waals surface area (Å²) in [5, 5.41) is 9.79. The zero-order valence-corrected chi connectivity index (χ0v) is 25.8. The van der Waals surface area contributed by atoms with Crippen LogP contribution in [0.15, 0.2) is 20.3 Å². The fourth-order valence-electron chi connectivity index (χ4n) is 5.57. The highest BCUT2D eigenvalue weighted by atomic mass is 79.9. The number of hydrogen-bond donors (Lipinski definition) is 2. The summed E-state index contributed by atoms with van der Waals surface area (Å²) >= 11 is 3.16. The molecule has 1 aromatic heterocycles. The number of aliphatic carboxylic acids is 1. The molecule has 0 aromatic carbocycles. The number of fused-ring (bicyclic) bond motifs is 1. The number of halogens is 1. The van der Waals surface area contributed by atoms with Crippen molar-refractivity contribution in [2.24, 2.45) is 5.92 Å². The van der Waals surface area contributed by atoms with E-state index in [0.717, 1.165) is 0 Å². The first-order valence-corrected chi connectivity index (χ1v) is 17.3. The van der Waals surface area contributed by atoms with Crippen molar-refractivity contribution in [2.75, 3.05) is 6.61 Å². The van der Waals surface area contributed by atoms with Crippen LogP contribution in [-0.4, -0.2) is 56.6 Å². The molecule has 2 fully saturated rings. The molecule has 0 saturated carbocycles.